The number of likely N-dealkylation sites (tertiary alicyclic amines) is 1. The summed E-state index contributed by atoms with van der Waals surface area (Å²) in [6, 6.07) is 6.11. The zero-order chi connectivity index (χ0) is 20.9. The third kappa shape index (κ3) is 4.50. The van der Waals surface area contributed by atoms with Crippen LogP contribution in [0.3, 0.4) is 0 Å². The second-order valence-electron chi connectivity index (χ2n) is 8.11. The molecule has 2 aromatic rings. The van der Waals surface area contributed by atoms with Gasteiger partial charge in [-0.1, -0.05) is 6.07 Å². The summed E-state index contributed by atoms with van der Waals surface area (Å²) in [4.78, 5) is 25.9. The molecule has 0 radical (unpaired) electrons. The first-order valence-electron chi connectivity index (χ1n) is 10.7. The van der Waals surface area contributed by atoms with E-state index in [1.807, 2.05) is 11.0 Å². The number of carbonyl (C=O) groups is 1. The number of ether oxygens (including phenoxy) is 2. The minimum absolute atomic E-state index is 0.00475. The zero-order valence-electron chi connectivity index (χ0n) is 17.8. The van der Waals surface area contributed by atoms with Crippen molar-refractivity contribution in [2.24, 2.45) is 5.92 Å². The molecule has 2 aliphatic rings. The molecule has 1 unspecified atom stereocenters. The molecule has 1 atom stereocenters. The Morgan fingerprint density at radius 1 is 1.07 bits per heavy atom. The summed E-state index contributed by atoms with van der Waals surface area (Å²) < 4.78 is 10.8. The lowest BCUT2D eigenvalue weighted by Gasteiger charge is -2.26. The van der Waals surface area contributed by atoms with Crippen LogP contribution < -0.4 is 14.4 Å². The quantitative estimate of drug-likeness (QED) is 0.729. The Bertz CT molecular complexity index is 883. The van der Waals surface area contributed by atoms with Gasteiger partial charge in [-0.3, -0.25) is 9.78 Å². The minimum atomic E-state index is 0.00475. The molecule has 7 nitrogen and oxygen atoms in total. The molecule has 1 aromatic carbocycles. The molecule has 160 valence electrons. The van der Waals surface area contributed by atoms with Gasteiger partial charge in [-0.2, -0.15) is 0 Å². The first kappa shape index (κ1) is 20.4. The van der Waals surface area contributed by atoms with Crippen LogP contribution in [0.2, 0.25) is 0 Å². The monoisotopic (exact) mass is 410 g/mol. The molecular weight excluding hydrogens is 380 g/mol. The minimum Gasteiger partial charge on any atom is -0.493 e. The van der Waals surface area contributed by atoms with Gasteiger partial charge in [0.2, 0.25) is 0 Å². The van der Waals surface area contributed by atoms with Crippen molar-refractivity contribution in [3.63, 3.8) is 0 Å². The van der Waals surface area contributed by atoms with Crippen LogP contribution in [0.25, 0.3) is 0 Å². The fourth-order valence-electron chi connectivity index (χ4n) is 4.42. The van der Waals surface area contributed by atoms with Gasteiger partial charge in [0.15, 0.2) is 11.5 Å². The number of rotatable bonds is 6. The van der Waals surface area contributed by atoms with Crippen LogP contribution in [-0.4, -0.2) is 61.2 Å². The van der Waals surface area contributed by atoms with Gasteiger partial charge in [0, 0.05) is 26.2 Å². The van der Waals surface area contributed by atoms with Gasteiger partial charge >= 0.3 is 0 Å². The molecule has 30 heavy (non-hydrogen) atoms. The topological polar surface area (TPSA) is 67.8 Å². The fourth-order valence-corrected chi connectivity index (χ4v) is 4.42. The van der Waals surface area contributed by atoms with Crippen molar-refractivity contribution in [2.45, 2.75) is 32.1 Å². The van der Waals surface area contributed by atoms with Crippen molar-refractivity contribution in [3.8, 4) is 11.5 Å². The zero-order valence-corrected chi connectivity index (χ0v) is 17.8. The van der Waals surface area contributed by atoms with E-state index in [1.54, 1.807) is 26.6 Å². The first-order valence-corrected chi connectivity index (χ1v) is 10.7. The lowest BCUT2D eigenvalue weighted by molar-refractivity contribution is 0.0718. The maximum absolute atomic E-state index is 12.8. The van der Waals surface area contributed by atoms with E-state index in [4.69, 9.17) is 9.47 Å². The average molecular weight is 411 g/mol. The van der Waals surface area contributed by atoms with Crippen molar-refractivity contribution >= 4 is 11.7 Å². The Hall–Kier alpha value is -2.83. The Labute approximate surface area is 178 Å². The second-order valence-corrected chi connectivity index (χ2v) is 8.11. The second kappa shape index (κ2) is 9.32. The molecule has 2 saturated heterocycles. The van der Waals surface area contributed by atoms with E-state index in [2.05, 4.69) is 27.0 Å². The van der Waals surface area contributed by atoms with E-state index in [0.29, 0.717) is 11.6 Å². The van der Waals surface area contributed by atoms with Crippen LogP contribution in [0.4, 0.5) is 5.82 Å². The first-order chi connectivity index (χ1) is 14.7. The molecule has 2 aliphatic heterocycles. The summed E-state index contributed by atoms with van der Waals surface area (Å²) >= 11 is 0. The standard InChI is InChI=1S/C23H30N4O3/c1-29-20-7-6-17(13-21(20)30-2)12-18-8-11-27(16-18)22-15-24-14-19(25-22)23(28)26-9-4-3-5-10-26/h6-7,13-15,18H,3-5,8-12,16H2,1-2H3. The highest BCUT2D eigenvalue weighted by molar-refractivity contribution is 5.92. The smallest absolute Gasteiger partial charge is 0.274 e. The van der Waals surface area contributed by atoms with Crippen molar-refractivity contribution in [2.75, 3.05) is 45.3 Å². The Morgan fingerprint density at radius 3 is 2.63 bits per heavy atom. The Kier molecular flexibility index (Phi) is 6.35. The number of benzene rings is 1. The predicted molar refractivity (Wildman–Crippen MR) is 115 cm³/mol. The van der Waals surface area contributed by atoms with E-state index >= 15 is 0 Å². The molecule has 0 saturated carbocycles. The van der Waals surface area contributed by atoms with Crippen LogP contribution in [-0.2, 0) is 6.42 Å². The van der Waals surface area contributed by atoms with Gasteiger partial charge in [0.25, 0.3) is 5.91 Å². The summed E-state index contributed by atoms with van der Waals surface area (Å²) in [7, 11) is 3.31. The largest absolute Gasteiger partial charge is 0.493 e. The van der Waals surface area contributed by atoms with Gasteiger partial charge in [0.05, 0.1) is 26.6 Å². The molecule has 0 N–H and O–H groups in total. The number of hydrogen-bond donors (Lipinski definition) is 0. The molecule has 0 bridgehead atoms. The molecule has 0 spiro atoms. The Morgan fingerprint density at radius 2 is 1.87 bits per heavy atom. The number of methoxy groups -OCH3 is 2. The van der Waals surface area contributed by atoms with Crippen LogP contribution in [0, 0.1) is 5.92 Å². The lowest BCUT2D eigenvalue weighted by Crippen LogP contribution is -2.36. The van der Waals surface area contributed by atoms with Crippen LogP contribution >= 0.6 is 0 Å². The number of hydrogen-bond acceptors (Lipinski definition) is 6. The molecule has 1 amide bonds. The molecule has 0 aliphatic carbocycles. The summed E-state index contributed by atoms with van der Waals surface area (Å²) in [5, 5.41) is 0. The molecule has 2 fully saturated rings. The molecule has 7 heteroatoms. The normalized spacial score (nSPS) is 19.1. The van der Waals surface area contributed by atoms with Gasteiger partial charge in [0.1, 0.15) is 11.5 Å². The number of aromatic nitrogens is 2. The highest BCUT2D eigenvalue weighted by Gasteiger charge is 2.26. The van der Waals surface area contributed by atoms with E-state index < -0.39 is 0 Å². The number of amides is 1. The summed E-state index contributed by atoms with van der Waals surface area (Å²) in [6.07, 6.45) is 8.76. The van der Waals surface area contributed by atoms with E-state index in [0.717, 1.165) is 69.2 Å². The van der Waals surface area contributed by atoms with E-state index in [9.17, 15) is 4.79 Å². The molecule has 4 rings (SSSR count). The predicted octanol–water partition coefficient (Wildman–Crippen LogP) is 3.19. The highest BCUT2D eigenvalue weighted by Crippen LogP contribution is 2.30. The average Bonchev–Trinajstić information content (AvgIpc) is 3.27. The van der Waals surface area contributed by atoms with Crippen molar-refractivity contribution in [3.05, 3.63) is 41.9 Å². The van der Waals surface area contributed by atoms with Gasteiger partial charge in [-0.25, -0.2) is 4.98 Å². The van der Waals surface area contributed by atoms with Gasteiger partial charge in [-0.15, -0.1) is 0 Å². The van der Waals surface area contributed by atoms with Crippen LogP contribution in [0.5, 0.6) is 11.5 Å². The number of anilines is 1. The van der Waals surface area contributed by atoms with Gasteiger partial charge < -0.3 is 19.3 Å². The SMILES string of the molecule is COc1ccc(CC2CCN(c3cncc(C(=O)N4CCCCC4)n3)C2)cc1OC. The number of nitrogens with zero attached hydrogens (tertiary/aromatic N) is 4. The lowest BCUT2D eigenvalue weighted by atomic mass is 9.98. The summed E-state index contributed by atoms with van der Waals surface area (Å²) in [6.45, 7) is 3.47. The maximum atomic E-state index is 12.8. The highest BCUT2D eigenvalue weighted by atomic mass is 16.5. The molecular formula is C23H30N4O3. The third-order valence-corrected chi connectivity index (χ3v) is 6.07. The maximum Gasteiger partial charge on any atom is 0.274 e. The Balaban J connectivity index is 1.40. The number of piperidine rings is 1. The molecule has 3 heterocycles. The van der Waals surface area contributed by atoms with Crippen molar-refractivity contribution in [1.29, 1.82) is 0 Å². The van der Waals surface area contributed by atoms with Crippen LogP contribution in [0.1, 0.15) is 41.7 Å². The van der Waals surface area contributed by atoms with Crippen molar-refractivity contribution < 1.29 is 14.3 Å². The summed E-state index contributed by atoms with van der Waals surface area (Å²) in [5.41, 5.74) is 1.69. The summed E-state index contributed by atoms with van der Waals surface area (Å²) in [5.74, 6) is 2.84. The number of carbonyl (C=O) groups excluding carboxylic acids is 1. The van der Waals surface area contributed by atoms with Crippen LogP contribution in [0.15, 0.2) is 30.6 Å². The third-order valence-electron chi connectivity index (χ3n) is 6.07. The van der Waals surface area contributed by atoms with Gasteiger partial charge in [-0.05, 0) is 55.7 Å². The van der Waals surface area contributed by atoms with E-state index in [-0.39, 0.29) is 5.91 Å². The van der Waals surface area contributed by atoms with Crippen molar-refractivity contribution in [1.82, 2.24) is 14.9 Å². The molecule has 1 aromatic heterocycles. The van der Waals surface area contributed by atoms with E-state index in [1.165, 1.54) is 12.0 Å². The fraction of sp³-hybridized carbons (Fsp3) is 0.522.